The summed E-state index contributed by atoms with van der Waals surface area (Å²) in [5, 5.41) is 0.640. The maximum absolute atomic E-state index is 12.4. The SMILES string of the molecule is CCCCNS(=O)(=O)c1ccc2c(c1)sc(=O)n2Cc1ccc(Cl)cc1. The molecule has 0 spiro atoms. The summed E-state index contributed by atoms with van der Waals surface area (Å²) in [6, 6.07) is 12.1. The normalized spacial score (nSPS) is 11.9. The van der Waals surface area contributed by atoms with Crippen molar-refractivity contribution >= 4 is 43.2 Å². The number of hydrogen-bond acceptors (Lipinski definition) is 4. The van der Waals surface area contributed by atoms with Crippen molar-refractivity contribution in [2.24, 2.45) is 0 Å². The number of unbranched alkanes of at least 4 members (excludes halogenated alkanes) is 1. The third-order valence-corrected chi connectivity index (χ3v) is 6.68. The Bertz CT molecular complexity index is 1070. The number of nitrogens with one attached hydrogen (secondary N) is 1. The lowest BCUT2D eigenvalue weighted by molar-refractivity contribution is 0.578. The topological polar surface area (TPSA) is 68.2 Å². The Morgan fingerprint density at radius 1 is 1.15 bits per heavy atom. The van der Waals surface area contributed by atoms with Crippen LogP contribution in [0.5, 0.6) is 0 Å². The highest BCUT2D eigenvalue weighted by Gasteiger charge is 2.16. The van der Waals surface area contributed by atoms with E-state index in [1.165, 1.54) is 0 Å². The van der Waals surface area contributed by atoms with E-state index in [1.54, 1.807) is 34.9 Å². The average molecular weight is 411 g/mol. The molecule has 0 aliphatic carbocycles. The second-order valence-corrected chi connectivity index (χ2v) is 9.16. The molecule has 0 saturated carbocycles. The van der Waals surface area contributed by atoms with E-state index < -0.39 is 10.0 Å². The molecule has 138 valence electrons. The lowest BCUT2D eigenvalue weighted by atomic mass is 10.2. The zero-order valence-electron chi connectivity index (χ0n) is 14.2. The van der Waals surface area contributed by atoms with Gasteiger partial charge in [-0.15, -0.1) is 0 Å². The predicted octanol–water partition coefficient (Wildman–Crippen LogP) is 3.84. The molecule has 3 rings (SSSR count). The number of hydrogen-bond donors (Lipinski definition) is 1. The van der Waals surface area contributed by atoms with Crippen LogP contribution in [0.3, 0.4) is 0 Å². The minimum atomic E-state index is -3.56. The predicted molar refractivity (Wildman–Crippen MR) is 107 cm³/mol. The van der Waals surface area contributed by atoms with Crippen LogP contribution in [-0.2, 0) is 16.6 Å². The molecule has 0 atom stereocenters. The minimum Gasteiger partial charge on any atom is -0.294 e. The molecule has 1 heterocycles. The third kappa shape index (κ3) is 4.17. The third-order valence-electron chi connectivity index (χ3n) is 4.03. The van der Waals surface area contributed by atoms with E-state index in [2.05, 4.69) is 4.72 Å². The summed E-state index contributed by atoms with van der Waals surface area (Å²) in [6.45, 7) is 2.82. The Kier molecular flexibility index (Phi) is 5.82. The molecule has 0 amide bonds. The molecular weight excluding hydrogens is 392 g/mol. The van der Waals surface area contributed by atoms with Crippen molar-refractivity contribution in [1.82, 2.24) is 9.29 Å². The van der Waals surface area contributed by atoms with Gasteiger partial charge in [0.15, 0.2) is 0 Å². The van der Waals surface area contributed by atoms with Crippen molar-refractivity contribution in [3.05, 3.63) is 62.7 Å². The summed E-state index contributed by atoms with van der Waals surface area (Å²) in [4.78, 5) is 12.4. The summed E-state index contributed by atoms with van der Waals surface area (Å²) in [6.07, 6.45) is 1.70. The number of halogens is 1. The van der Waals surface area contributed by atoms with Crippen LogP contribution < -0.4 is 9.60 Å². The van der Waals surface area contributed by atoms with Crippen molar-refractivity contribution in [3.8, 4) is 0 Å². The zero-order chi connectivity index (χ0) is 18.7. The first-order chi connectivity index (χ1) is 12.4. The monoisotopic (exact) mass is 410 g/mol. The van der Waals surface area contributed by atoms with Gasteiger partial charge in [-0.05, 0) is 42.3 Å². The van der Waals surface area contributed by atoms with Gasteiger partial charge in [0.2, 0.25) is 10.0 Å². The van der Waals surface area contributed by atoms with Crippen LogP contribution in [0.4, 0.5) is 0 Å². The molecule has 1 N–H and O–H groups in total. The van der Waals surface area contributed by atoms with Gasteiger partial charge in [0.25, 0.3) is 0 Å². The molecule has 0 bridgehead atoms. The second-order valence-electron chi connectivity index (χ2n) is 5.96. The Morgan fingerprint density at radius 2 is 1.88 bits per heavy atom. The zero-order valence-corrected chi connectivity index (χ0v) is 16.6. The molecule has 0 fully saturated rings. The van der Waals surface area contributed by atoms with Gasteiger partial charge in [0.05, 0.1) is 21.7 Å². The number of aromatic nitrogens is 1. The number of fused-ring (bicyclic) bond motifs is 1. The molecule has 0 saturated heterocycles. The molecule has 3 aromatic rings. The number of benzene rings is 2. The molecule has 0 aliphatic heterocycles. The molecule has 0 aliphatic rings. The van der Waals surface area contributed by atoms with Gasteiger partial charge < -0.3 is 0 Å². The van der Waals surface area contributed by atoms with Crippen LogP contribution in [0.1, 0.15) is 25.3 Å². The van der Waals surface area contributed by atoms with Crippen molar-refractivity contribution in [2.45, 2.75) is 31.2 Å². The highest BCUT2D eigenvalue weighted by atomic mass is 35.5. The fraction of sp³-hybridized carbons (Fsp3) is 0.278. The van der Waals surface area contributed by atoms with Gasteiger partial charge >= 0.3 is 4.87 Å². The van der Waals surface area contributed by atoms with Crippen LogP contribution in [0.25, 0.3) is 10.2 Å². The van der Waals surface area contributed by atoms with Crippen molar-refractivity contribution in [3.63, 3.8) is 0 Å². The summed E-state index contributed by atoms with van der Waals surface area (Å²) < 4.78 is 29.6. The standard InChI is InChI=1S/C18H19ClN2O3S2/c1-2-3-10-20-26(23,24)15-8-9-16-17(11-15)25-18(22)21(16)12-13-4-6-14(19)7-5-13/h4-9,11,20H,2-3,10,12H2,1H3. The maximum atomic E-state index is 12.4. The molecule has 5 nitrogen and oxygen atoms in total. The maximum Gasteiger partial charge on any atom is 0.308 e. The molecule has 0 radical (unpaired) electrons. The molecule has 26 heavy (non-hydrogen) atoms. The number of nitrogens with zero attached hydrogens (tertiary/aromatic N) is 1. The van der Waals surface area contributed by atoms with Crippen molar-refractivity contribution in [2.75, 3.05) is 6.54 Å². The summed E-state index contributed by atoms with van der Waals surface area (Å²) in [7, 11) is -3.56. The smallest absolute Gasteiger partial charge is 0.294 e. The van der Waals surface area contributed by atoms with Gasteiger partial charge in [0.1, 0.15) is 0 Å². The van der Waals surface area contributed by atoms with Gasteiger partial charge in [0, 0.05) is 11.6 Å². The van der Waals surface area contributed by atoms with E-state index in [0.717, 1.165) is 35.3 Å². The Labute approximate surface area is 161 Å². The molecular formula is C18H19ClN2O3S2. The van der Waals surface area contributed by atoms with Gasteiger partial charge in [-0.3, -0.25) is 9.36 Å². The molecule has 1 aromatic heterocycles. The van der Waals surface area contributed by atoms with E-state index in [4.69, 9.17) is 11.6 Å². The molecule has 2 aromatic carbocycles. The van der Waals surface area contributed by atoms with Crippen LogP contribution >= 0.6 is 22.9 Å². The minimum absolute atomic E-state index is 0.122. The number of sulfonamides is 1. The van der Waals surface area contributed by atoms with E-state index in [1.807, 2.05) is 19.1 Å². The summed E-state index contributed by atoms with van der Waals surface area (Å²) >= 11 is 6.95. The fourth-order valence-corrected chi connectivity index (χ4v) is 4.83. The summed E-state index contributed by atoms with van der Waals surface area (Å²) in [5.41, 5.74) is 1.68. The second kappa shape index (κ2) is 7.92. The quantitative estimate of drug-likeness (QED) is 0.601. The van der Waals surface area contributed by atoms with Crippen LogP contribution in [-0.4, -0.2) is 19.5 Å². The first-order valence-corrected chi connectivity index (χ1v) is 11.0. The van der Waals surface area contributed by atoms with Crippen molar-refractivity contribution < 1.29 is 8.42 Å². The highest BCUT2D eigenvalue weighted by Crippen LogP contribution is 2.23. The van der Waals surface area contributed by atoms with Gasteiger partial charge in [-0.25, -0.2) is 13.1 Å². The van der Waals surface area contributed by atoms with Gasteiger partial charge in [-0.2, -0.15) is 0 Å². The molecule has 8 heteroatoms. The van der Waals surface area contributed by atoms with E-state index in [0.29, 0.717) is 22.8 Å². The van der Waals surface area contributed by atoms with Crippen LogP contribution in [0, 0.1) is 0 Å². The Balaban J connectivity index is 1.93. The first-order valence-electron chi connectivity index (χ1n) is 8.28. The lowest BCUT2D eigenvalue weighted by Crippen LogP contribution is -2.24. The number of rotatable bonds is 7. The largest absolute Gasteiger partial charge is 0.308 e. The van der Waals surface area contributed by atoms with Gasteiger partial charge in [-0.1, -0.05) is 48.4 Å². The Morgan fingerprint density at radius 3 is 2.58 bits per heavy atom. The van der Waals surface area contributed by atoms with E-state index in [-0.39, 0.29) is 9.77 Å². The van der Waals surface area contributed by atoms with Crippen LogP contribution in [0.2, 0.25) is 5.02 Å². The molecule has 0 unspecified atom stereocenters. The fourth-order valence-electron chi connectivity index (χ4n) is 2.60. The van der Waals surface area contributed by atoms with Crippen molar-refractivity contribution in [1.29, 1.82) is 0 Å². The number of thiazole rings is 1. The Hall–Kier alpha value is -1.67. The average Bonchev–Trinajstić information content (AvgIpc) is 2.92. The van der Waals surface area contributed by atoms with E-state index >= 15 is 0 Å². The highest BCUT2D eigenvalue weighted by molar-refractivity contribution is 7.89. The first kappa shape index (κ1) is 19.1. The lowest BCUT2D eigenvalue weighted by Gasteiger charge is -2.07. The summed E-state index contributed by atoms with van der Waals surface area (Å²) in [5.74, 6) is 0. The van der Waals surface area contributed by atoms with E-state index in [9.17, 15) is 13.2 Å². The van der Waals surface area contributed by atoms with Crippen LogP contribution in [0.15, 0.2) is 52.2 Å².